The van der Waals surface area contributed by atoms with Gasteiger partial charge in [0.1, 0.15) is 23.7 Å². The Morgan fingerprint density at radius 3 is 2.79 bits per heavy atom. The zero-order valence-electron chi connectivity index (χ0n) is 18.0. The number of hydrogen-bond donors (Lipinski definition) is 3. The molecule has 0 aliphatic carbocycles. The molecule has 0 unspecified atom stereocenters. The third-order valence-corrected chi connectivity index (χ3v) is 5.19. The van der Waals surface area contributed by atoms with Gasteiger partial charge in [0, 0.05) is 36.0 Å². The van der Waals surface area contributed by atoms with E-state index in [0.717, 1.165) is 0 Å². The number of carbonyl (C=O) groups excluding carboxylic acids is 1. The van der Waals surface area contributed by atoms with E-state index >= 15 is 0 Å². The van der Waals surface area contributed by atoms with Crippen LogP contribution in [0.4, 0.5) is 15.9 Å². The van der Waals surface area contributed by atoms with Crippen LogP contribution in [0.1, 0.15) is 18.6 Å². The second kappa shape index (κ2) is 10.4. The predicted molar refractivity (Wildman–Crippen MR) is 122 cm³/mol. The molecule has 0 saturated carbocycles. The minimum atomic E-state index is -0.519. The van der Waals surface area contributed by atoms with Gasteiger partial charge in [-0.3, -0.25) is 10.0 Å². The van der Waals surface area contributed by atoms with Crippen molar-refractivity contribution in [3.05, 3.63) is 65.4 Å². The Hall–Kier alpha value is -3.89. The summed E-state index contributed by atoms with van der Waals surface area (Å²) in [6.07, 6.45) is 2.55. The van der Waals surface area contributed by atoms with Crippen molar-refractivity contribution < 1.29 is 28.3 Å². The molecule has 2 aromatic carbocycles. The number of furan rings is 1. The molecule has 2 heterocycles. The van der Waals surface area contributed by atoms with Crippen LogP contribution in [0.15, 0.2) is 53.2 Å². The number of carbonyl (C=O) groups is 1. The standard InChI is InChI=1S/C23H20ClFN4O5/c1-32-19-11-18-15(23(27-12-26-18)28-13-5-7-17(25)16(24)9-13)10-20(19)34-22-8-6-14(33-22)3-2-4-21(30)29-31/h5-12,31H,2-4H2,1H3,(H,29,30)(H,26,27,28). The number of aryl methyl sites for hydroxylation is 1. The summed E-state index contributed by atoms with van der Waals surface area (Å²) in [6.45, 7) is 0. The van der Waals surface area contributed by atoms with Gasteiger partial charge in [0.15, 0.2) is 11.5 Å². The number of halogens is 2. The van der Waals surface area contributed by atoms with Gasteiger partial charge in [0.25, 0.3) is 5.95 Å². The van der Waals surface area contributed by atoms with Gasteiger partial charge < -0.3 is 19.2 Å². The Kier molecular flexibility index (Phi) is 7.09. The molecule has 1 amide bonds. The van der Waals surface area contributed by atoms with Crippen molar-refractivity contribution in [2.45, 2.75) is 19.3 Å². The normalized spacial score (nSPS) is 10.8. The van der Waals surface area contributed by atoms with Gasteiger partial charge in [-0.1, -0.05) is 11.6 Å². The highest BCUT2D eigenvalue weighted by Crippen LogP contribution is 2.38. The zero-order valence-corrected chi connectivity index (χ0v) is 18.7. The van der Waals surface area contributed by atoms with E-state index in [2.05, 4.69) is 15.3 Å². The number of nitrogens with one attached hydrogen (secondary N) is 2. The minimum Gasteiger partial charge on any atom is -0.493 e. The van der Waals surface area contributed by atoms with E-state index in [9.17, 15) is 9.18 Å². The fraction of sp³-hybridized carbons (Fsp3) is 0.174. The van der Waals surface area contributed by atoms with E-state index in [1.165, 1.54) is 25.6 Å². The third kappa shape index (κ3) is 5.36. The first kappa shape index (κ1) is 23.3. The molecule has 4 rings (SSSR count). The number of benzene rings is 2. The van der Waals surface area contributed by atoms with Crippen LogP contribution >= 0.6 is 11.6 Å². The molecule has 4 aromatic rings. The number of fused-ring (bicyclic) bond motifs is 1. The molecular formula is C23H20ClFN4O5. The van der Waals surface area contributed by atoms with Crippen molar-refractivity contribution in [3.63, 3.8) is 0 Å². The fourth-order valence-electron chi connectivity index (χ4n) is 3.25. The van der Waals surface area contributed by atoms with Crippen LogP contribution in [0.2, 0.25) is 5.02 Å². The first-order chi connectivity index (χ1) is 16.5. The number of anilines is 2. The molecule has 0 fully saturated rings. The van der Waals surface area contributed by atoms with Crippen LogP contribution in [-0.2, 0) is 11.2 Å². The third-order valence-electron chi connectivity index (χ3n) is 4.90. The molecule has 0 radical (unpaired) electrons. The number of rotatable bonds is 9. The van der Waals surface area contributed by atoms with Crippen LogP contribution in [-0.4, -0.2) is 28.2 Å². The smallest absolute Gasteiger partial charge is 0.290 e. The second-order valence-electron chi connectivity index (χ2n) is 7.21. The van der Waals surface area contributed by atoms with E-state index in [-0.39, 0.29) is 17.4 Å². The summed E-state index contributed by atoms with van der Waals surface area (Å²) in [5, 5.41) is 12.3. The van der Waals surface area contributed by atoms with Crippen molar-refractivity contribution in [1.82, 2.24) is 15.4 Å². The van der Waals surface area contributed by atoms with Crippen molar-refractivity contribution in [2.24, 2.45) is 0 Å². The Morgan fingerprint density at radius 1 is 1.18 bits per heavy atom. The fourth-order valence-corrected chi connectivity index (χ4v) is 3.43. The monoisotopic (exact) mass is 486 g/mol. The average Bonchev–Trinajstić information content (AvgIpc) is 3.28. The number of methoxy groups -OCH3 is 1. The van der Waals surface area contributed by atoms with Gasteiger partial charge in [-0.2, -0.15) is 0 Å². The largest absolute Gasteiger partial charge is 0.493 e. The Labute approximate surface area is 198 Å². The summed E-state index contributed by atoms with van der Waals surface area (Å²) in [5.74, 6) is 1.14. The lowest BCUT2D eigenvalue weighted by atomic mass is 10.2. The number of amides is 1. The van der Waals surface area contributed by atoms with Crippen molar-refractivity contribution in [3.8, 4) is 17.4 Å². The quantitative estimate of drug-likeness (QED) is 0.213. The maximum Gasteiger partial charge on any atom is 0.290 e. The van der Waals surface area contributed by atoms with E-state index in [1.807, 2.05) is 0 Å². The van der Waals surface area contributed by atoms with Crippen molar-refractivity contribution in [2.75, 3.05) is 12.4 Å². The summed E-state index contributed by atoms with van der Waals surface area (Å²) in [4.78, 5) is 19.7. The van der Waals surface area contributed by atoms with Crippen LogP contribution in [0.3, 0.4) is 0 Å². The summed E-state index contributed by atoms with van der Waals surface area (Å²) in [5.41, 5.74) is 2.74. The molecule has 9 nitrogen and oxygen atoms in total. The second-order valence-corrected chi connectivity index (χ2v) is 7.61. The van der Waals surface area contributed by atoms with Crippen molar-refractivity contribution >= 4 is 39.9 Å². The van der Waals surface area contributed by atoms with Crippen LogP contribution in [0, 0.1) is 5.82 Å². The number of nitrogens with zero attached hydrogens (tertiary/aromatic N) is 2. The van der Waals surface area contributed by atoms with E-state index in [1.54, 1.807) is 35.8 Å². The molecule has 0 spiro atoms. The van der Waals surface area contributed by atoms with Crippen molar-refractivity contribution in [1.29, 1.82) is 0 Å². The molecule has 11 heteroatoms. The van der Waals surface area contributed by atoms with Gasteiger partial charge >= 0.3 is 0 Å². The average molecular weight is 487 g/mol. The molecule has 0 aliphatic rings. The molecule has 0 saturated heterocycles. The molecule has 3 N–H and O–H groups in total. The highest BCUT2D eigenvalue weighted by Gasteiger charge is 2.15. The minimum absolute atomic E-state index is 0.0142. The molecular weight excluding hydrogens is 467 g/mol. The van der Waals surface area contributed by atoms with Gasteiger partial charge in [-0.05, 0) is 36.8 Å². The summed E-state index contributed by atoms with van der Waals surface area (Å²) < 4.78 is 30.6. The molecule has 0 aliphatic heterocycles. The van der Waals surface area contributed by atoms with Gasteiger partial charge in [-0.25, -0.2) is 19.8 Å². The number of hydrogen-bond acceptors (Lipinski definition) is 8. The zero-order chi connectivity index (χ0) is 24.1. The van der Waals surface area contributed by atoms with Crippen LogP contribution in [0.5, 0.6) is 17.4 Å². The van der Waals surface area contributed by atoms with Gasteiger partial charge in [-0.15, -0.1) is 0 Å². The number of ether oxygens (including phenoxy) is 2. The predicted octanol–water partition coefficient (Wildman–Crippen LogP) is 5.39. The molecule has 34 heavy (non-hydrogen) atoms. The Bertz CT molecular complexity index is 1330. The van der Waals surface area contributed by atoms with Crippen LogP contribution < -0.4 is 20.3 Å². The first-order valence-corrected chi connectivity index (χ1v) is 10.6. The lowest BCUT2D eigenvalue weighted by Crippen LogP contribution is -2.17. The maximum atomic E-state index is 13.5. The van der Waals surface area contributed by atoms with Crippen LogP contribution in [0.25, 0.3) is 10.9 Å². The topological polar surface area (TPSA) is 119 Å². The molecule has 176 valence electrons. The van der Waals surface area contributed by atoms with E-state index < -0.39 is 11.7 Å². The summed E-state index contributed by atoms with van der Waals surface area (Å²) in [6, 6.07) is 11.1. The first-order valence-electron chi connectivity index (χ1n) is 10.2. The summed E-state index contributed by atoms with van der Waals surface area (Å²) >= 11 is 5.88. The highest BCUT2D eigenvalue weighted by atomic mass is 35.5. The molecule has 0 bridgehead atoms. The number of hydroxylamine groups is 1. The summed E-state index contributed by atoms with van der Waals surface area (Å²) in [7, 11) is 1.51. The maximum absolute atomic E-state index is 13.5. The molecule has 2 aromatic heterocycles. The Balaban J connectivity index is 1.58. The van der Waals surface area contributed by atoms with E-state index in [0.29, 0.717) is 52.5 Å². The lowest BCUT2D eigenvalue weighted by molar-refractivity contribution is -0.129. The SMILES string of the molecule is COc1cc2ncnc(Nc3ccc(F)c(Cl)c3)c2cc1Oc1ccc(CCCC(=O)NO)o1. The van der Waals surface area contributed by atoms with Gasteiger partial charge in [0.2, 0.25) is 5.91 Å². The van der Waals surface area contributed by atoms with E-state index in [4.69, 9.17) is 30.7 Å². The Morgan fingerprint density at radius 2 is 2.03 bits per heavy atom. The molecule has 0 atom stereocenters. The number of aromatic nitrogens is 2. The highest BCUT2D eigenvalue weighted by molar-refractivity contribution is 6.31. The lowest BCUT2D eigenvalue weighted by Gasteiger charge is -2.13. The van der Waals surface area contributed by atoms with Gasteiger partial charge in [0.05, 0.1) is 17.6 Å².